The summed E-state index contributed by atoms with van der Waals surface area (Å²) in [6.07, 6.45) is 5.17. The van der Waals surface area contributed by atoms with Gasteiger partial charge in [0.25, 0.3) is 0 Å². The van der Waals surface area contributed by atoms with Gasteiger partial charge in [0, 0.05) is 12.7 Å². The molecule has 18 heavy (non-hydrogen) atoms. The minimum Gasteiger partial charge on any atom is -0.272 e. The van der Waals surface area contributed by atoms with Gasteiger partial charge >= 0.3 is 6.18 Å². The quantitative estimate of drug-likeness (QED) is 0.623. The van der Waals surface area contributed by atoms with E-state index in [1.165, 1.54) is 36.6 Å². The fourth-order valence-electron chi connectivity index (χ4n) is 1.87. The molecule has 1 rings (SSSR count). The molecule has 5 heteroatoms. The van der Waals surface area contributed by atoms with Gasteiger partial charge in [0.15, 0.2) is 5.69 Å². The lowest BCUT2D eigenvalue weighted by Crippen LogP contribution is -2.08. The van der Waals surface area contributed by atoms with Crippen LogP contribution in [0.25, 0.3) is 0 Å². The third-order valence-electron chi connectivity index (χ3n) is 2.92. The lowest BCUT2D eigenvalue weighted by molar-refractivity contribution is -0.141. The van der Waals surface area contributed by atoms with Crippen LogP contribution in [0, 0.1) is 0 Å². The van der Waals surface area contributed by atoms with Crippen molar-refractivity contribution < 1.29 is 13.2 Å². The molecule has 0 bridgehead atoms. The lowest BCUT2D eigenvalue weighted by atomic mass is 10.1. The molecule has 0 saturated carbocycles. The Balaban J connectivity index is 2.14. The van der Waals surface area contributed by atoms with Gasteiger partial charge in [0.05, 0.1) is 0 Å². The first kappa shape index (κ1) is 15.1. The van der Waals surface area contributed by atoms with E-state index in [0.717, 1.165) is 25.3 Å². The van der Waals surface area contributed by atoms with E-state index in [9.17, 15) is 13.2 Å². The molecular weight excluding hydrogens is 241 g/mol. The maximum absolute atomic E-state index is 12.3. The van der Waals surface area contributed by atoms with Crippen LogP contribution in [0.5, 0.6) is 0 Å². The number of unbranched alkanes of at least 4 members (excludes halogenated alkanes) is 6. The molecule has 0 radical (unpaired) electrons. The number of hydrogen-bond donors (Lipinski definition) is 0. The Labute approximate surface area is 106 Å². The van der Waals surface area contributed by atoms with Crippen molar-refractivity contribution in [2.45, 2.75) is 64.6 Å². The molecule has 0 unspecified atom stereocenters. The van der Waals surface area contributed by atoms with Gasteiger partial charge in [0.2, 0.25) is 0 Å². The van der Waals surface area contributed by atoms with E-state index >= 15 is 0 Å². The molecule has 2 nitrogen and oxygen atoms in total. The highest BCUT2D eigenvalue weighted by Crippen LogP contribution is 2.27. The second-order valence-corrected chi connectivity index (χ2v) is 4.58. The number of aromatic nitrogens is 2. The van der Waals surface area contributed by atoms with Crippen molar-refractivity contribution in [2.75, 3.05) is 0 Å². The number of aryl methyl sites for hydroxylation is 1. The first-order chi connectivity index (χ1) is 8.54. The Bertz CT molecular complexity index is 331. The fourth-order valence-corrected chi connectivity index (χ4v) is 1.87. The van der Waals surface area contributed by atoms with E-state index in [1.54, 1.807) is 0 Å². The van der Waals surface area contributed by atoms with Crippen LogP contribution in [-0.4, -0.2) is 9.78 Å². The summed E-state index contributed by atoms with van der Waals surface area (Å²) in [5.41, 5.74) is -0.801. The Hall–Kier alpha value is -1.00. The van der Waals surface area contributed by atoms with Crippen molar-refractivity contribution in [2.24, 2.45) is 0 Å². The molecule has 1 aromatic rings. The van der Waals surface area contributed by atoms with Gasteiger partial charge in [0.1, 0.15) is 0 Å². The standard InChI is InChI=1S/C13H21F3N2/c1-2-3-4-5-6-7-8-10-18-11-9-12(17-18)13(14,15)16/h9,11H,2-8,10H2,1H3. The van der Waals surface area contributed by atoms with Crippen LogP contribution < -0.4 is 0 Å². The predicted molar refractivity (Wildman–Crippen MR) is 65.2 cm³/mol. The zero-order valence-corrected chi connectivity index (χ0v) is 10.8. The molecule has 1 heterocycles. The third kappa shape index (κ3) is 5.56. The molecule has 0 aliphatic carbocycles. The molecule has 0 saturated heterocycles. The highest BCUT2D eigenvalue weighted by molar-refractivity contribution is 5.02. The summed E-state index contributed by atoms with van der Waals surface area (Å²) in [6, 6.07) is 1.03. The van der Waals surface area contributed by atoms with Gasteiger partial charge in [-0.15, -0.1) is 0 Å². The topological polar surface area (TPSA) is 17.8 Å². The van der Waals surface area contributed by atoms with Gasteiger partial charge in [-0.3, -0.25) is 4.68 Å². The third-order valence-corrected chi connectivity index (χ3v) is 2.92. The van der Waals surface area contributed by atoms with Crippen molar-refractivity contribution in [1.29, 1.82) is 0 Å². The SMILES string of the molecule is CCCCCCCCCn1ccc(C(F)(F)F)n1. The van der Waals surface area contributed by atoms with E-state index < -0.39 is 11.9 Å². The van der Waals surface area contributed by atoms with Crippen LogP contribution in [-0.2, 0) is 12.7 Å². The molecule has 1 aromatic heterocycles. The Morgan fingerprint density at radius 3 is 2.22 bits per heavy atom. The first-order valence-corrected chi connectivity index (χ1v) is 6.64. The van der Waals surface area contributed by atoms with Crippen molar-refractivity contribution in [1.82, 2.24) is 9.78 Å². The highest BCUT2D eigenvalue weighted by atomic mass is 19.4. The van der Waals surface area contributed by atoms with Crippen LogP contribution >= 0.6 is 0 Å². The van der Waals surface area contributed by atoms with Gasteiger partial charge < -0.3 is 0 Å². The summed E-state index contributed by atoms with van der Waals surface area (Å²) >= 11 is 0. The Kier molecular flexibility index (Phi) is 6.22. The maximum atomic E-state index is 12.3. The summed E-state index contributed by atoms with van der Waals surface area (Å²) in [4.78, 5) is 0. The maximum Gasteiger partial charge on any atom is 0.435 e. The zero-order valence-electron chi connectivity index (χ0n) is 10.8. The normalized spacial score (nSPS) is 12.0. The van der Waals surface area contributed by atoms with E-state index in [1.807, 2.05) is 0 Å². The average Bonchev–Trinajstić information content (AvgIpc) is 2.76. The summed E-state index contributed by atoms with van der Waals surface area (Å²) < 4.78 is 38.2. The number of alkyl halides is 3. The van der Waals surface area contributed by atoms with Crippen molar-refractivity contribution in [3.63, 3.8) is 0 Å². The van der Waals surface area contributed by atoms with E-state index in [2.05, 4.69) is 12.0 Å². The number of rotatable bonds is 8. The Morgan fingerprint density at radius 1 is 1.06 bits per heavy atom. The van der Waals surface area contributed by atoms with E-state index in [4.69, 9.17) is 0 Å². The van der Waals surface area contributed by atoms with Gasteiger partial charge in [-0.2, -0.15) is 18.3 Å². The second kappa shape index (κ2) is 7.44. The predicted octanol–water partition coefficient (Wildman–Crippen LogP) is 4.65. The van der Waals surface area contributed by atoms with Crippen molar-refractivity contribution >= 4 is 0 Å². The smallest absolute Gasteiger partial charge is 0.272 e. The monoisotopic (exact) mass is 262 g/mol. The van der Waals surface area contributed by atoms with Gasteiger partial charge in [-0.05, 0) is 12.5 Å². The summed E-state index contributed by atoms with van der Waals surface area (Å²) in [7, 11) is 0. The van der Waals surface area contributed by atoms with Crippen LogP contribution in [0.15, 0.2) is 12.3 Å². The molecule has 0 aliphatic rings. The van der Waals surface area contributed by atoms with Crippen LogP contribution in [0.4, 0.5) is 13.2 Å². The molecule has 0 N–H and O–H groups in total. The number of nitrogens with zero attached hydrogens (tertiary/aromatic N) is 2. The molecular formula is C13H21F3N2. The molecule has 0 amide bonds. The second-order valence-electron chi connectivity index (χ2n) is 4.58. The van der Waals surface area contributed by atoms with Gasteiger partial charge in [-0.1, -0.05) is 45.4 Å². The highest BCUT2D eigenvalue weighted by Gasteiger charge is 2.33. The van der Waals surface area contributed by atoms with Crippen LogP contribution in [0.2, 0.25) is 0 Å². The molecule has 104 valence electrons. The van der Waals surface area contributed by atoms with Gasteiger partial charge in [-0.25, -0.2) is 0 Å². The first-order valence-electron chi connectivity index (χ1n) is 6.64. The molecule has 0 spiro atoms. The largest absolute Gasteiger partial charge is 0.435 e. The summed E-state index contributed by atoms with van der Waals surface area (Å²) in [6.45, 7) is 2.75. The summed E-state index contributed by atoms with van der Waals surface area (Å²) in [5.74, 6) is 0. The zero-order chi connectivity index (χ0) is 13.4. The molecule has 0 aliphatic heterocycles. The van der Waals surface area contributed by atoms with E-state index in [-0.39, 0.29) is 0 Å². The van der Waals surface area contributed by atoms with Crippen molar-refractivity contribution in [3.8, 4) is 0 Å². The lowest BCUT2D eigenvalue weighted by Gasteiger charge is -2.03. The van der Waals surface area contributed by atoms with E-state index in [0.29, 0.717) is 6.54 Å². The minimum absolute atomic E-state index is 0.573. The van der Waals surface area contributed by atoms with Crippen molar-refractivity contribution in [3.05, 3.63) is 18.0 Å². The molecule has 0 fully saturated rings. The molecule has 0 atom stereocenters. The van der Waals surface area contributed by atoms with Crippen LogP contribution in [0.1, 0.15) is 57.6 Å². The average molecular weight is 262 g/mol. The number of hydrogen-bond acceptors (Lipinski definition) is 1. The molecule has 0 aromatic carbocycles. The minimum atomic E-state index is -4.33. The fraction of sp³-hybridized carbons (Fsp3) is 0.769. The summed E-state index contributed by atoms with van der Waals surface area (Å²) in [5, 5.41) is 3.52. The number of halogens is 3. The Morgan fingerprint density at radius 2 is 1.67 bits per heavy atom. The van der Waals surface area contributed by atoms with Crippen LogP contribution in [0.3, 0.4) is 0 Å².